The molecule has 0 saturated carbocycles. The van der Waals surface area contributed by atoms with Gasteiger partial charge in [-0.25, -0.2) is 9.63 Å². The van der Waals surface area contributed by atoms with Crippen molar-refractivity contribution in [2.24, 2.45) is 0 Å². The number of esters is 1. The van der Waals surface area contributed by atoms with E-state index < -0.39 is 6.09 Å². The van der Waals surface area contributed by atoms with Crippen LogP contribution in [-0.2, 0) is 14.3 Å². The van der Waals surface area contributed by atoms with Crippen molar-refractivity contribution in [1.82, 2.24) is 4.84 Å². The minimum Gasteiger partial charge on any atom is -0.449 e. The molecule has 5 nitrogen and oxygen atoms in total. The first-order chi connectivity index (χ1) is 6.08. The van der Waals surface area contributed by atoms with Crippen molar-refractivity contribution in [3.63, 3.8) is 0 Å². The Labute approximate surface area is 81.8 Å². The van der Waals surface area contributed by atoms with Crippen LogP contribution < -0.4 is 4.84 Å². The summed E-state index contributed by atoms with van der Waals surface area (Å²) in [6.45, 7) is 6.53. The second-order valence-electron chi connectivity index (χ2n) is 1.59. The molecule has 1 N–H and O–H groups in total. The average molecular weight is 210 g/mol. The average Bonchev–Trinajstić information content (AvgIpc) is 2.05. The van der Waals surface area contributed by atoms with Gasteiger partial charge in [0.15, 0.2) is 0 Å². The highest BCUT2D eigenvalue weighted by Crippen LogP contribution is 1.74. The summed E-state index contributed by atoms with van der Waals surface area (Å²) in [5.41, 5.74) is 0. The molecule has 0 aromatic heterocycles. The fourth-order valence-electron chi connectivity index (χ4n) is 0.276. The van der Waals surface area contributed by atoms with Gasteiger partial charge in [0, 0.05) is 18.7 Å². The highest BCUT2D eigenvalue weighted by Gasteiger charge is 1.91. The molecule has 76 valence electrons. The molecule has 0 aromatic rings. The molecule has 0 atom stereocenters. The maximum absolute atomic E-state index is 9.95. The topological polar surface area (TPSA) is 64.6 Å². The van der Waals surface area contributed by atoms with E-state index >= 15 is 0 Å². The number of carbonyl (C=O) groups is 2. The predicted octanol–water partition coefficient (Wildman–Crippen LogP) is 1.58. The summed E-state index contributed by atoms with van der Waals surface area (Å²) in [6, 6.07) is 0. The second kappa shape index (κ2) is 10.8. The van der Waals surface area contributed by atoms with Gasteiger partial charge >= 0.3 is 12.1 Å². The number of hydrogen-bond acceptors (Lipinski definition) is 4. The molecule has 0 bridgehead atoms. The van der Waals surface area contributed by atoms with E-state index in [4.69, 9.17) is 11.8 Å². The summed E-state index contributed by atoms with van der Waals surface area (Å²) in [6.07, 6.45) is 0.492. The van der Waals surface area contributed by atoms with Crippen LogP contribution in [0.5, 0.6) is 0 Å². The van der Waals surface area contributed by atoms with E-state index in [1.165, 1.54) is 6.92 Å². The first kappa shape index (κ1) is 14.3. The highest BCUT2D eigenvalue weighted by molar-refractivity contribution is 6.20. The Morgan fingerprint density at radius 2 is 2.15 bits per heavy atom. The number of carbonyl (C=O) groups excluding carboxylic acids is 2. The molecule has 0 aliphatic carbocycles. The number of nitrogens with one attached hydrogen (secondary N) is 1. The molecule has 13 heavy (non-hydrogen) atoms. The Kier molecular flexibility index (Phi) is 11.8. The molecule has 0 heterocycles. The van der Waals surface area contributed by atoms with E-state index in [2.05, 4.69) is 16.1 Å². The molecule has 0 aliphatic heterocycles. The Bertz CT molecular complexity index is 172. The third kappa shape index (κ3) is 18.1. The van der Waals surface area contributed by atoms with Crippen LogP contribution in [0.3, 0.4) is 0 Å². The summed E-state index contributed by atoms with van der Waals surface area (Å²) >= 11 is 4.81. The molecule has 0 saturated heterocycles. The van der Waals surface area contributed by atoms with Crippen molar-refractivity contribution in [3.8, 4) is 0 Å². The van der Waals surface area contributed by atoms with Gasteiger partial charge in [-0.15, -0.1) is 0 Å². The molecule has 0 unspecified atom stereocenters. The molecule has 0 aromatic carbocycles. The van der Waals surface area contributed by atoms with Crippen molar-refractivity contribution >= 4 is 23.8 Å². The zero-order valence-electron chi connectivity index (χ0n) is 7.50. The van der Waals surface area contributed by atoms with Crippen LogP contribution in [-0.4, -0.2) is 18.7 Å². The summed E-state index contributed by atoms with van der Waals surface area (Å²) < 4.78 is 8.48. The zero-order chi connectivity index (χ0) is 10.7. The Hall–Kier alpha value is -1.23. The third-order valence-corrected chi connectivity index (χ3v) is 0.756. The Morgan fingerprint density at radius 1 is 1.62 bits per heavy atom. The lowest BCUT2D eigenvalue weighted by Gasteiger charge is -1.93. The lowest BCUT2D eigenvalue weighted by molar-refractivity contribution is -0.135. The standard InChI is InChI=1S/C4H6O2.C3H6ClNO2/c1-3-6-4(2)5;1-2-7-3(6)5-4/h3H,1H2,2H3;2H2,1H3,(H,5,6). The van der Waals surface area contributed by atoms with Gasteiger partial charge in [-0.1, -0.05) is 6.58 Å². The van der Waals surface area contributed by atoms with Crippen molar-refractivity contribution in [2.45, 2.75) is 13.8 Å². The van der Waals surface area contributed by atoms with Crippen molar-refractivity contribution < 1.29 is 19.1 Å². The first-order valence-corrected chi connectivity index (χ1v) is 3.77. The summed E-state index contributed by atoms with van der Waals surface area (Å²) in [5, 5.41) is 0. The predicted molar refractivity (Wildman–Crippen MR) is 48.0 cm³/mol. The fraction of sp³-hybridized carbons (Fsp3) is 0.429. The number of ether oxygens (including phenoxy) is 2. The molecule has 1 amide bonds. The summed E-state index contributed by atoms with van der Waals surface area (Å²) in [7, 11) is 0. The van der Waals surface area contributed by atoms with Crippen LogP contribution in [0.2, 0.25) is 0 Å². The van der Waals surface area contributed by atoms with Gasteiger partial charge in [0.05, 0.1) is 12.9 Å². The molecular formula is C7H12ClNO4. The van der Waals surface area contributed by atoms with Crippen LogP contribution in [0, 0.1) is 0 Å². The van der Waals surface area contributed by atoms with Crippen molar-refractivity contribution in [2.75, 3.05) is 6.61 Å². The largest absolute Gasteiger partial charge is 0.449 e. The summed E-state index contributed by atoms with van der Waals surface area (Å²) in [5.74, 6) is -0.329. The first-order valence-electron chi connectivity index (χ1n) is 3.40. The minimum absolute atomic E-state index is 0.329. The quantitative estimate of drug-likeness (QED) is 0.426. The summed E-state index contributed by atoms with van der Waals surface area (Å²) in [4.78, 5) is 21.5. The third-order valence-electron chi connectivity index (χ3n) is 0.602. The Morgan fingerprint density at radius 3 is 2.23 bits per heavy atom. The zero-order valence-corrected chi connectivity index (χ0v) is 8.26. The van der Waals surface area contributed by atoms with Gasteiger partial charge in [0.1, 0.15) is 0 Å². The lowest BCUT2D eigenvalue weighted by atomic mass is 10.8. The van der Waals surface area contributed by atoms with E-state index in [0.29, 0.717) is 6.61 Å². The van der Waals surface area contributed by atoms with Crippen LogP contribution in [0.25, 0.3) is 0 Å². The van der Waals surface area contributed by atoms with Gasteiger partial charge in [-0.05, 0) is 6.92 Å². The van der Waals surface area contributed by atoms with Crippen LogP contribution in [0.4, 0.5) is 4.79 Å². The molecule has 0 aliphatic rings. The van der Waals surface area contributed by atoms with E-state index in [-0.39, 0.29) is 5.97 Å². The van der Waals surface area contributed by atoms with Crippen LogP contribution in [0.15, 0.2) is 12.8 Å². The van der Waals surface area contributed by atoms with Crippen molar-refractivity contribution in [3.05, 3.63) is 12.8 Å². The van der Waals surface area contributed by atoms with E-state index in [9.17, 15) is 9.59 Å². The minimum atomic E-state index is -0.607. The number of amides is 1. The normalized spacial score (nSPS) is 7.31. The number of hydrogen-bond donors (Lipinski definition) is 1. The SMILES string of the molecule is C=COC(C)=O.CCOC(=O)NCl. The maximum atomic E-state index is 9.95. The van der Waals surface area contributed by atoms with Gasteiger partial charge in [-0.2, -0.15) is 0 Å². The van der Waals surface area contributed by atoms with E-state index in [1.807, 2.05) is 0 Å². The van der Waals surface area contributed by atoms with E-state index in [1.54, 1.807) is 11.8 Å². The van der Waals surface area contributed by atoms with Crippen LogP contribution in [0.1, 0.15) is 13.8 Å². The highest BCUT2D eigenvalue weighted by atomic mass is 35.5. The second-order valence-corrected chi connectivity index (χ2v) is 1.78. The van der Waals surface area contributed by atoms with Crippen molar-refractivity contribution in [1.29, 1.82) is 0 Å². The molecule has 0 rings (SSSR count). The van der Waals surface area contributed by atoms with Gasteiger partial charge in [-0.3, -0.25) is 4.79 Å². The molecule has 0 fully saturated rings. The monoisotopic (exact) mass is 209 g/mol. The maximum Gasteiger partial charge on any atom is 0.421 e. The van der Waals surface area contributed by atoms with Gasteiger partial charge < -0.3 is 9.47 Å². The van der Waals surface area contributed by atoms with Gasteiger partial charge in [0.2, 0.25) is 0 Å². The Balaban J connectivity index is 0. The molecule has 0 radical (unpaired) electrons. The molecule has 0 spiro atoms. The number of halogens is 1. The van der Waals surface area contributed by atoms with Gasteiger partial charge in [0.25, 0.3) is 0 Å². The lowest BCUT2D eigenvalue weighted by Crippen LogP contribution is -2.13. The van der Waals surface area contributed by atoms with E-state index in [0.717, 1.165) is 6.26 Å². The fourth-order valence-corrected chi connectivity index (χ4v) is 0.330. The molecule has 6 heteroatoms. The molecular weight excluding hydrogens is 198 g/mol. The van der Waals surface area contributed by atoms with Crippen LogP contribution >= 0.6 is 11.8 Å². The smallest absolute Gasteiger partial charge is 0.421 e. The number of rotatable bonds is 2.